The maximum atomic E-state index is 13.2. The Labute approximate surface area is 122 Å². The molecule has 2 rings (SSSR count). The minimum absolute atomic E-state index is 0.0957. The zero-order valence-electron chi connectivity index (χ0n) is 10.7. The highest BCUT2D eigenvalue weighted by atomic mass is 79.9. The molecule has 2 nitrogen and oxygen atoms in total. The van der Waals surface area contributed by atoms with Crippen LogP contribution < -0.4 is 0 Å². The van der Waals surface area contributed by atoms with E-state index in [4.69, 9.17) is 0 Å². The molecule has 1 aliphatic carbocycles. The molecule has 0 heterocycles. The summed E-state index contributed by atoms with van der Waals surface area (Å²) in [7, 11) is -3.42. The van der Waals surface area contributed by atoms with E-state index in [-0.39, 0.29) is 16.1 Å². The van der Waals surface area contributed by atoms with Gasteiger partial charge < -0.3 is 0 Å². The molecule has 0 aromatic heterocycles. The number of benzene rings is 1. The minimum Gasteiger partial charge on any atom is -0.224 e. The number of sulfone groups is 1. The molecule has 0 bridgehead atoms. The number of hydrogen-bond donors (Lipinski definition) is 0. The van der Waals surface area contributed by atoms with Gasteiger partial charge in [0, 0.05) is 5.33 Å². The fourth-order valence-corrected chi connectivity index (χ4v) is 5.73. The first-order chi connectivity index (χ1) is 8.97. The van der Waals surface area contributed by atoms with Gasteiger partial charge in [0.1, 0.15) is 5.82 Å². The van der Waals surface area contributed by atoms with Crippen molar-refractivity contribution < 1.29 is 12.8 Å². The fraction of sp³-hybridized carbons (Fsp3) is 0.571. The quantitative estimate of drug-likeness (QED) is 0.772. The monoisotopic (exact) mass is 348 g/mol. The Morgan fingerprint density at radius 3 is 2.47 bits per heavy atom. The van der Waals surface area contributed by atoms with E-state index in [0.717, 1.165) is 31.7 Å². The Morgan fingerprint density at radius 2 is 1.89 bits per heavy atom. The molecule has 5 heteroatoms. The zero-order valence-corrected chi connectivity index (χ0v) is 13.1. The van der Waals surface area contributed by atoms with Crippen LogP contribution in [0.1, 0.15) is 32.1 Å². The van der Waals surface area contributed by atoms with Crippen molar-refractivity contribution in [2.24, 2.45) is 5.41 Å². The molecule has 0 amide bonds. The summed E-state index contributed by atoms with van der Waals surface area (Å²) >= 11 is 3.47. The number of halogens is 2. The highest BCUT2D eigenvalue weighted by Crippen LogP contribution is 2.40. The lowest BCUT2D eigenvalue weighted by molar-refractivity contribution is 0.256. The third-order valence-electron chi connectivity index (χ3n) is 3.85. The summed E-state index contributed by atoms with van der Waals surface area (Å²) in [5.41, 5.74) is -0.191. The Morgan fingerprint density at radius 1 is 1.21 bits per heavy atom. The molecule has 0 aliphatic heterocycles. The molecule has 19 heavy (non-hydrogen) atoms. The standard InChI is InChI=1S/C14H18BrFO2S/c15-10-14(7-2-1-3-8-14)11-19(17,18)13-6-4-5-12(16)9-13/h4-6,9H,1-3,7-8,10-11H2. The fourth-order valence-electron chi connectivity index (χ4n) is 2.77. The second-order valence-corrected chi connectivity index (χ2v) is 7.96. The van der Waals surface area contributed by atoms with Crippen LogP contribution in [-0.2, 0) is 9.84 Å². The van der Waals surface area contributed by atoms with Crippen LogP contribution >= 0.6 is 15.9 Å². The summed E-state index contributed by atoms with van der Waals surface area (Å²) < 4.78 is 38.0. The first-order valence-corrected chi connectivity index (χ1v) is 9.29. The first kappa shape index (κ1) is 15.0. The van der Waals surface area contributed by atoms with Gasteiger partial charge in [0.2, 0.25) is 0 Å². The van der Waals surface area contributed by atoms with Crippen molar-refractivity contribution in [2.45, 2.75) is 37.0 Å². The molecule has 1 fully saturated rings. The summed E-state index contributed by atoms with van der Waals surface area (Å²) in [5, 5.41) is 0.689. The van der Waals surface area contributed by atoms with E-state index in [1.54, 1.807) is 0 Å². The van der Waals surface area contributed by atoms with E-state index < -0.39 is 15.7 Å². The van der Waals surface area contributed by atoms with E-state index in [2.05, 4.69) is 15.9 Å². The van der Waals surface area contributed by atoms with E-state index >= 15 is 0 Å². The van der Waals surface area contributed by atoms with Gasteiger partial charge in [0.25, 0.3) is 0 Å². The zero-order chi connectivity index (χ0) is 13.9. The Balaban J connectivity index is 2.25. The van der Waals surface area contributed by atoms with Crippen molar-refractivity contribution in [3.05, 3.63) is 30.1 Å². The third-order valence-corrected chi connectivity index (χ3v) is 7.00. The molecule has 0 saturated heterocycles. The van der Waals surface area contributed by atoms with Crippen molar-refractivity contribution in [3.63, 3.8) is 0 Å². The lowest BCUT2D eigenvalue weighted by Crippen LogP contribution is -2.34. The van der Waals surface area contributed by atoms with Gasteiger partial charge >= 0.3 is 0 Å². The second kappa shape index (κ2) is 5.92. The molecular weight excluding hydrogens is 331 g/mol. The Kier molecular flexibility index (Phi) is 4.66. The minimum atomic E-state index is -3.42. The third kappa shape index (κ3) is 3.57. The Hall–Kier alpha value is -0.420. The Bertz CT molecular complexity index is 536. The molecule has 0 atom stereocenters. The van der Waals surface area contributed by atoms with E-state index in [1.165, 1.54) is 24.6 Å². The molecule has 0 unspecified atom stereocenters. The summed E-state index contributed by atoms with van der Waals surface area (Å²) in [6.07, 6.45) is 5.17. The van der Waals surface area contributed by atoms with Crippen molar-refractivity contribution in [2.75, 3.05) is 11.1 Å². The molecule has 1 aliphatic rings. The maximum absolute atomic E-state index is 13.2. The van der Waals surface area contributed by atoms with Crippen LogP contribution in [0.15, 0.2) is 29.2 Å². The lowest BCUT2D eigenvalue weighted by Gasteiger charge is -2.35. The van der Waals surface area contributed by atoms with E-state index in [0.29, 0.717) is 5.33 Å². The number of alkyl halides is 1. The van der Waals surface area contributed by atoms with Crippen LogP contribution in [0.5, 0.6) is 0 Å². The molecule has 0 spiro atoms. The number of rotatable bonds is 4. The van der Waals surface area contributed by atoms with Gasteiger partial charge in [-0.3, -0.25) is 0 Å². The molecular formula is C14H18BrFO2S. The molecule has 1 saturated carbocycles. The SMILES string of the molecule is O=S(=O)(CC1(CBr)CCCCC1)c1cccc(F)c1. The highest BCUT2D eigenvalue weighted by molar-refractivity contribution is 9.09. The van der Waals surface area contributed by atoms with Crippen LogP contribution in [0.25, 0.3) is 0 Å². The molecule has 1 aromatic carbocycles. The highest BCUT2D eigenvalue weighted by Gasteiger charge is 2.36. The van der Waals surface area contributed by atoms with Gasteiger partial charge in [-0.1, -0.05) is 41.3 Å². The summed E-state index contributed by atoms with van der Waals surface area (Å²) in [6, 6.07) is 5.30. The van der Waals surface area contributed by atoms with Crippen molar-refractivity contribution in [3.8, 4) is 0 Å². The molecule has 0 radical (unpaired) electrons. The molecule has 106 valence electrons. The number of hydrogen-bond acceptors (Lipinski definition) is 2. The topological polar surface area (TPSA) is 34.1 Å². The van der Waals surface area contributed by atoms with Gasteiger partial charge in [-0.2, -0.15) is 0 Å². The van der Waals surface area contributed by atoms with Crippen LogP contribution in [0, 0.1) is 11.2 Å². The molecule has 0 N–H and O–H groups in total. The van der Waals surface area contributed by atoms with Crippen molar-refractivity contribution >= 4 is 25.8 Å². The maximum Gasteiger partial charge on any atom is 0.179 e. The van der Waals surface area contributed by atoms with Crippen LogP contribution in [0.3, 0.4) is 0 Å². The summed E-state index contributed by atoms with van der Waals surface area (Å²) in [4.78, 5) is 0.0957. The van der Waals surface area contributed by atoms with Gasteiger partial charge in [-0.25, -0.2) is 12.8 Å². The average Bonchev–Trinajstić information content (AvgIpc) is 2.39. The van der Waals surface area contributed by atoms with Gasteiger partial charge in [0.15, 0.2) is 9.84 Å². The predicted molar refractivity (Wildman–Crippen MR) is 77.8 cm³/mol. The van der Waals surface area contributed by atoms with Gasteiger partial charge in [-0.05, 0) is 36.5 Å². The largest absolute Gasteiger partial charge is 0.224 e. The van der Waals surface area contributed by atoms with Crippen LogP contribution in [0.2, 0.25) is 0 Å². The normalized spacial score (nSPS) is 19.3. The summed E-state index contributed by atoms with van der Waals surface area (Å²) in [5.74, 6) is -0.396. The van der Waals surface area contributed by atoms with Gasteiger partial charge in [0.05, 0.1) is 10.6 Å². The van der Waals surface area contributed by atoms with Crippen molar-refractivity contribution in [1.82, 2.24) is 0 Å². The van der Waals surface area contributed by atoms with E-state index in [1.807, 2.05) is 0 Å². The van der Waals surface area contributed by atoms with Crippen molar-refractivity contribution in [1.29, 1.82) is 0 Å². The molecule has 1 aromatic rings. The first-order valence-electron chi connectivity index (χ1n) is 6.52. The predicted octanol–water partition coefficient (Wildman–Crippen LogP) is 3.94. The van der Waals surface area contributed by atoms with E-state index in [9.17, 15) is 12.8 Å². The van der Waals surface area contributed by atoms with Crippen LogP contribution in [-0.4, -0.2) is 19.5 Å². The van der Waals surface area contributed by atoms with Crippen LogP contribution in [0.4, 0.5) is 4.39 Å². The van der Waals surface area contributed by atoms with Gasteiger partial charge in [-0.15, -0.1) is 0 Å². The summed E-state index contributed by atoms with van der Waals surface area (Å²) in [6.45, 7) is 0. The average molecular weight is 349 g/mol. The smallest absolute Gasteiger partial charge is 0.179 e. The second-order valence-electron chi connectivity index (χ2n) is 5.41. The lowest BCUT2D eigenvalue weighted by atomic mass is 9.77.